The fraction of sp³-hybridized carbons (Fsp3) is 0.389. The summed E-state index contributed by atoms with van der Waals surface area (Å²) in [7, 11) is 0. The smallest absolute Gasteiger partial charge is 0.324 e. The fourth-order valence-electron chi connectivity index (χ4n) is 3.41. The van der Waals surface area contributed by atoms with E-state index in [0.717, 1.165) is 39.2 Å². The van der Waals surface area contributed by atoms with Gasteiger partial charge in [-0.25, -0.2) is 19.7 Å². The molecule has 0 radical (unpaired) electrons. The molecule has 1 aliphatic heterocycles. The van der Waals surface area contributed by atoms with Crippen molar-refractivity contribution in [2.75, 3.05) is 11.9 Å². The van der Waals surface area contributed by atoms with Crippen molar-refractivity contribution >= 4 is 39.7 Å². The van der Waals surface area contributed by atoms with E-state index in [9.17, 15) is 9.59 Å². The summed E-state index contributed by atoms with van der Waals surface area (Å²) in [5.74, 6) is 0.338. The van der Waals surface area contributed by atoms with Gasteiger partial charge in [-0.05, 0) is 33.6 Å². The number of urea groups is 1. The number of nitrogens with one attached hydrogen (secondary N) is 2. The predicted octanol–water partition coefficient (Wildman–Crippen LogP) is 3.15. The first-order chi connectivity index (χ1) is 13.8. The molecular formula is C18H21N7O2S2. The van der Waals surface area contributed by atoms with Gasteiger partial charge in [0.2, 0.25) is 5.91 Å². The van der Waals surface area contributed by atoms with Crippen LogP contribution < -0.4 is 11.1 Å². The average molecular weight is 432 g/mol. The first-order valence-electron chi connectivity index (χ1n) is 9.12. The van der Waals surface area contributed by atoms with Gasteiger partial charge < -0.3 is 15.6 Å². The number of aromatic amines is 1. The molecule has 0 spiro atoms. The lowest BCUT2D eigenvalue weighted by atomic mass is 9.98. The van der Waals surface area contributed by atoms with Gasteiger partial charge in [0, 0.05) is 18.1 Å². The van der Waals surface area contributed by atoms with Crippen LogP contribution in [-0.2, 0) is 4.79 Å². The highest BCUT2D eigenvalue weighted by Crippen LogP contribution is 2.36. The maximum Gasteiger partial charge on any atom is 0.324 e. The Morgan fingerprint density at radius 3 is 2.76 bits per heavy atom. The second-order valence-corrected chi connectivity index (χ2v) is 9.02. The number of amides is 3. The second kappa shape index (κ2) is 7.23. The van der Waals surface area contributed by atoms with Crippen LogP contribution in [0.5, 0.6) is 0 Å². The molecule has 0 bridgehead atoms. The Morgan fingerprint density at radius 1 is 1.28 bits per heavy atom. The minimum absolute atomic E-state index is 0.366. The van der Waals surface area contributed by atoms with Gasteiger partial charge >= 0.3 is 6.03 Å². The number of carbonyl (C=O) groups is 2. The maximum atomic E-state index is 12.7. The molecule has 1 aliphatic rings. The largest absolute Gasteiger partial charge is 0.368 e. The van der Waals surface area contributed by atoms with E-state index in [0.29, 0.717) is 18.1 Å². The molecule has 9 nitrogen and oxygen atoms in total. The Balaban J connectivity index is 1.54. The van der Waals surface area contributed by atoms with Crippen molar-refractivity contribution in [1.82, 2.24) is 24.8 Å². The molecule has 0 unspecified atom stereocenters. The Labute approximate surface area is 175 Å². The number of rotatable bonds is 4. The number of imidazole rings is 1. The zero-order chi connectivity index (χ0) is 20.8. The highest BCUT2D eigenvalue weighted by molar-refractivity contribution is 7.19. The van der Waals surface area contributed by atoms with E-state index < -0.39 is 11.4 Å². The van der Waals surface area contributed by atoms with Gasteiger partial charge in [0.05, 0.1) is 16.3 Å². The third-order valence-corrected chi connectivity index (χ3v) is 7.05. The number of anilines is 1. The number of likely N-dealkylation sites (tertiary alicyclic amines) is 1. The number of aryl methyl sites for hydroxylation is 2. The summed E-state index contributed by atoms with van der Waals surface area (Å²) in [6, 6.07) is -0.366. The fourth-order valence-corrected chi connectivity index (χ4v) is 5.18. The minimum Gasteiger partial charge on any atom is -0.368 e. The average Bonchev–Trinajstić information content (AvgIpc) is 3.41. The lowest BCUT2D eigenvalue weighted by molar-refractivity contribution is -0.126. The van der Waals surface area contributed by atoms with Crippen LogP contribution in [0.2, 0.25) is 0 Å². The van der Waals surface area contributed by atoms with Crippen LogP contribution in [0.3, 0.4) is 0 Å². The van der Waals surface area contributed by atoms with Gasteiger partial charge in [-0.3, -0.25) is 10.1 Å². The van der Waals surface area contributed by atoms with Gasteiger partial charge in [-0.15, -0.1) is 11.3 Å². The van der Waals surface area contributed by atoms with E-state index in [1.54, 1.807) is 6.92 Å². The molecule has 1 fully saturated rings. The summed E-state index contributed by atoms with van der Waals surface area (Å²) < 4.78 is 0. The van der Waals surface area contributed by atoms with Crippen molar-refractivity contribution in [1.29, 1.82) is 0 Å². The molecule has 3 aromatic rings. The van der Waals surface area contributed by atoms with Crippen LogP contribution >= 0.6 is 22.7 Å². The minimum atomic E-state index is -0.968. The molecular weight excluding hydrogens is 410 g/mol. The number of carbonyl (C=O) groups excluding carboxylic acids is 2. The number of hydrogen-bond donors (Lipinski definition) is 3. The van der Waals surface area contributed by atoms with Crippen LogP contribution in [0.1, 0.15) is 31.3 Å². The molecule has 1 saturated heterocycles. The number of H-pyrrole nitrogens is 1. The lowest BCUT2D eigenvalue weighted by Gasteiger charge is -2.31. The zero-order valence-corrected chi connectivity index (χ0v) is 17.9. The summed E-state index contributed by atoms with van der Waals surface area (Å²) in [4.78, 5) is 43.5. The normalized spacial score (nSPS) is 18.9. The Hall–Kier alpha value is -2.79. The molecule has 0 aliphatic carbocycles. The highest BCUT2D eigenvalue weighted by Gasteiger charge is 2.44. The third-order valence-electron chi connectivity index (χ3n) is 5.09. The van der Waals surface area contributed by atoms with Gasteiger partial charge in [-0.1, -0.05) is 11.3 Å². The van der Waals surface area contributed by atoms with E-state index in [2.05, 4.69) is 25.3 Å². The number of primary amides is 1. The molecule has 4 N–H and O–H groups in total. The third kappa shape index (κ3) is 3.51. The first kappa shape index (κ1) is 19.5. The van der Waals surface area contributed by atoms with Crippen LogP contribution in [0.15, 0.2) is 11.6 Å². The Bertz CT molecular complexity index is 1090. The van der Waals surface area contributed by atoms with Crippen molar-refractivity contribution in [3.05, 3.63) is 23.1 Å². The van der Waals surface area contributed by atoms with Crippen LogP contribution in [0, 0.1) is 13.8 Å². The quantitative estimate of drug-likeness (QED) is 0.584. The second-order valence-electron chi connectivity index (χ2n) is 7.17. The topological polar surface area (TPSA) is 130 Å². The molecule has 1 atom stereocenters. The highest BCUT2D eigenvalue weighted by atomic mass is 32.1. The van der Waals surface area contributed by atoms with Gasteiger partial charge in [0.1, 0.15) is 22.1 Å². The van der Waals surface area contributed by atoms with Crippen LogP contribution in [0.4, 0.5) is 9.93 Å². The maximum absolute atomic E-state index is 12.7. The molecule has 11 heteroatoms. The molecule has 4 rings (SSSR count). The first-order valence-corrected chi connectivity index (χ1v) is 10.8. The monoisotopic (exact) mass is 431 g/mol. The zero-order valence-electron chi connectivity index (χ0n) is 16.3. The molecule has 29 heavy (non-hydrogen) atoms. The summed E-state index contributed by atoms with van der Waals surface area (Å²) >= 11 is 2.86. The molecule has 152 valence electrons. The van der Waals surface area contributed by atoms with Crippen molar-refractivity contribution in [3.63, 3.8) is 0 Å². The predicted molar refractivity (Wildman–Crippen MR) is 113 cm³/mol. The van der Waals surface area contributed by atoms with E-state index in [-0.39, 0.29) is 6.03 Å². The number of aromatic nitrogens is 4. The van der Waals surface area contributed by atoms with Gasteiger partial charge in [0.25, 0.3) is 0 Å². The molecule has 4 heterocycles. The van der Waals surface area contributed by atoms with E-state index in [4.69, 9.17) is 5.73 Å². The standard InChI is InChI=1S/C18H21N7O2S2/c1-9-13(12-8-28-14(23-12)11-7-20-10(2)22-11)29-16(21-9)24-17(27)25-6-4-5-18(25,3)15(19)26/h7-8H,4-6H2,1-3H3,(H2,19,26)(H,20,22)(H,21,24,27)/t18-/m0/s1. The van der Waals surface area contributed by atoms with E-state index >= 15 is 0 Å². The summed E-state index contributed by atoms with van der Waals surface area (Å²) in [5.41, 5.74) is 6.93. The van der Waals surface area contributed by atoms with E-state index in [1.807, 2.05) is 25.4 Å². The molecule has 0 saturated carbocycles. The van der Waals surface area contributed by atoms with Gasteiger partial charge in [0.15, 0.2) is 5.13 Å². The number of thiazole rings is 2. The van der Waals surface area contributed by atoms with Gasteiger partial charge in [-0.2, -0.15) is 0 Å². The van der Waals surface area contributed by atoms with Crippen molar-refractivity contribution in [2.45, 2.75) is 39.2 Å². The summed E-state index contributed by atoms with van der Waals surface area (Å²) in [5, 5.41) is 6.05. The number of hydrogen-bond acceptors (Lipinski definition) is 7. The SMILES string of the molecule is Cc1nc(-c2nc(-c3sc(NC(=O)N4CCC[C@@]4(C)C(N)=O)nc3C)cs2)c[nH]1. The lowest BCUT2D eigenvalue weighted by Crippen LogP contribution is -2.55. The van der Waals surface area contributed by atoms with Crippen LogP contribution in [0.25, 0.3) is 21.3 Å². The van der Waals surface area contributed by atoms with Crippen molar-refractivity contribution in [3.8, 4) is 21.3 Å². The van der Waals surface area contributed by atoms with Crippen LogP contribution in [-0.4, -0.2) is 48.9 Å². The van der Waals surface area contributed by atoms with E-state index in [1.165, 1.54) is 27.6 Å². The van der Waals surface area contributed by atoms with Crippen molar-refractivity contribution in [2.24, 2.45) is 5.73 Å². The molecule has 0 aromatic carbocycles. The number of nitrogens with zero attached hydrogens (tertiary/aromatic N) is 4. The Morgan fingerprint density at radius 2 is 2.07 bits per heavy atom. The number of nitrogens with two attached hydrogens (primary N) is 1. The van der Waals surface area contributed by atoms with Crippen molar-refractivity contribution < 1.29 is 9.59 Å². The Kier molecular flexibility index (Phi) is 4.87. The summed E-state index contributed by atoms with van der Waals surface area (Å²) in [6.07, 6.45) is 3.13. The molecule has 3 aromatic heterocycles. The summed E-state index contributed by atoms with van der Waals surface area (Å²) in [6.45, 7) is 5.96. The molecule has 3 amide bonds.